The Balaban J connectivity index is 3.17. The standard InChI is InChI=1S/C10H18Cl2O2/c1-2-9(12)6-4-3-5-7-10(13)14-8-11/h9H,2-8H2,1H3. The van der Waals surface area contributed by atoms with Crippen LogP contribution in [-0.4, -0.2) is 17.4 Å². The molecule has 84 valence electrons. The van der Waals surface area contributed by atoms with Gasteiger partial charge in [0.2, 0.25) is 0 Å². The van der Waals surface area contributed by atoms with E-state index in [1.807, 2.05) is 0 Å². The molecule has 1 atom stereocenters. The molecule has 0 heterocycles. The number of unbranched alkanes of at least 4 members (excludes halogenated alkanes) is 2. The molecular formula is C10H18Cl2O2. The lowest BCUT2D eigenvalue weighted by molar-refractivity contribution is -0.141. The molecule has 14 heavy (non-hydrogen) atoms. The fraction of sp³-hybridized carbons (Fsp3) is 0.900. The number of rotatable bonds is 8. The third-order valence-corrected chi connectivity index (χ3v) is 2.69. The Bertz CT molecular complexity index is 151. The Kier molecular flexibility index (Phi) is 9.63. The molecule has 0 aliphatic heterocycles. The normalized spacial score (nSPS) is 12.5. The van der Waals surface area contributed by atoms with E-state index < -0.39 is 0 Å². The van der Waals surface area contributed by atoms with Crippen molar-refractivity contribution in [3.05, 3.63) is 0 Å². The maximum atomic E-state index is 10.9. The van der Waals surface area contributed by atoms with Crippen LogP contribution in [-0.2, 0) is 9.53 Å². The van der Waals surface area contributed by atoms with Crippen LogP contribution < -0.4 is 0 Å². The summed E-state index contributed by atoms with van der Waals surface area (Å²) in [6.07, 6.45) is 5.48. The lowest BCUT2D eigenvalue weighted by Gasteiger charge is -2.05. The van der Waals surface area contributed by atoms with E-state index in [0.717, 1.165) is 32.1 Å². The van der Waals surface area contributed by atoms with Gasteiger partial charge in [-0.15, -0.1) is 11.6 Å². The van der Waals surface area contributed by atoms with Gasteiger partial charge in [0.25, 0.3) is 0 Å². The molecule has 0 fully saturated rings. The van der Waals surface area contributed by atoms with Gasteiger partial charge in [-0.3, -0.25) is 4.79 Å². The summed E-state index contributed by atoms with van der Waals surface area (Å²) in [5.41, 5.74) is 0. The predicted molar refractivity (Wildman–Crippen MR) is 59.8 cm³/mol. The summed E-state index contributed by atoms with van der Waals surface area (Å²) in [7, 11) is 0. The lowest BCUT2D eigenvalue weighted by atomic mass is 10.1. The van der Waals surface area contributed by atoms with E-state index in [1.54, 1.807) is 0 Å². The molecule has 0 bridgehead atoms. The lowest BCUT2D eigenvalue weighted by Crippen LogP contribution is -2.02. The van der Waals surface area contributed by atoms with Crippen LogP contribution in [0.25, 0.3) is 0 Å². The summed E-state index contributed by atoms with van der Waals surface area (Å²) in [6, 6.07) is -0.0432. The zero-order chi connectivity index (χ0) is 10.8. The van der Waals surface area contributed by atoms with E-state index in [9.17, 15) is 4.79 Å². The van der Waals surface area contributed by atoms with Gasteiger partial charge in [-0.25, -0.2) is 0 Å². The van der Waals surface area contributed by atoms with Crippen molar-refractivity contribution < 1.29 is 9.53 Å². The van der Waals surface area contributed by atoms with Crippen molar-refractivity contribution in [1.29, 1.82) is 0 Å². The molecule has 0 saturated heterocycles. The van der Waals surface area contributed by atoms with Crippen LogP contribution in [0.1, 0.15) is 45.4 Å². The van der Waals surface area contributed by atoms with Gasteiger partial charge in [-0.2, -0.15) is 0 Å². The van der Waals surface area contributed by atoms with Crippen molar-refractivity contribution in [3.8, 4) is 0 Å². The first-order valence-electron chi connectivity index (χ1n) is 5.06. The second kappa shape index (κ2) is 9.60. The van der Waals surface area contributed by atoms with Crippen molar-refractivity contribution in [3.63, 3.8) is 0 Å². The highest BCUT2D eigenvalue weighted by Gasteiger charge is 2.03. The maximum absolute atomic E-state index is 10.9. The third-order valence-electron chi connectivity index (χ3n) is 2.06. The van der Waals surface area contributed by atoms with Gasteiger partial charge >= 0.3 is 5.97 Å². The van der Waals surface area contributed by atoms with Crippen LogP contribution in [0.5, 0.6) is 0 Å². The number of hydrogen-bond donors (Lipinski definition) is 0. The topological polar surface area (TPSA) is 26.3 Å². The summed E-state index contributed by atoms with van der Waals surface area (Å²) in [6.45, 7) is 2.08. The third kappa shape index (κ3) is 8.64. The fourth-order valence-electron chi connectivity index (χ4n) is 1.15. The van der Waals surface area contributed by atoms with E-state index >= 15 is 0 Å². The summed E-state index contributed by atoms with van der Waals surface area (Å²) in [5.74, 6) is -0.210. The molecule has 0 spiro atoms. The monoisotopic (exact) mass is 240 g/mol. The Morgan fingerprint density at radius 1 is 1.36 bits per heavy atom. The molecule has 0 aromatic carbocycles. The van der Waals surface area contributed by atoms with Crippen molar-refractivity contribution in [2.45, 2.75) is 50.8 Å². The van der Waals surface area contributed by atoms with Gasteiger partial charge in [-0.1, -0.05) is 31.4 Å². The van der Waals surface area contributed by atoms with E-state index in [2.05, 4.69) is 11.7 Å². The summed E-state index contributed by atoms with van der Waals surface area (Å²) < 4.78 is 4.59. The van der Waals surface area contributed by atoms with Crippen molar-refractivity contribution in [1.82, 2.24) is 0 Å². The molecular weight excluding hydrogens is 223 g/mol. The molecule has 2 nitrogen and oxygen atoms in total. The quantitative estimate of drug-likeness (QED) is 0.368. The highest BCUT2D eigenvalue weighted by Crippen LogP contribution is 2.12. The molecule has 0 N–H and O–H groups in total. The Labute approximate surface area is 95.9 Å². The largest absolute Gasteiger partial charge is 0.449 e. The maximum Gasteiger partial charge on any atom is 0.306 e. The first-order valence-corrected chi connectivity index (χ1v) is 6.03. The van der Waals surface area contributed by atoms with Crippen LogP contribution in [0.15, 0.2) is 0 Å². The van der Waals surface area contributed by atoms with E-state index in [-0.39, 0.29) is 17.4 Å². The molecule has 0 saturated carbocycles. The van der Waals surface area contributed by atoms with Gasteiger partial charge in [0, 0.05) is 11.8 Å². The van der Waals surface area contributed by atoms with Crippen LogP contribution in [0.4, 0.5) is 0 Å². The molecule has 0 aromatic rings. The minimum absolute atomic E-state index is 0.0432. The number of halogens is 2. The molecule has 0 rings (SSSR count). The average Bonchev–Trinajstić information content (AvgIpc) is 2.17. The number of carbonyl (C=O) groups is 1. The number of ether oxygens (including phenoxy) is 1. The molecule has 0 amide bonds. The summed E-state index contributed by atoms with van der Waals surface area (Å²) >= 11 is 11.2. The van der Waals surface area contributed by atoms with Crippen molar-refractivity contribution in [2.75, 3.05) is 6.07 Å². The predicted octanol–water partition coefficient (Wildman–Crippen LogP) is 3.69. The van der Waals surface area contributed by atoms with Gasteiger partial charge < -0.3 is 4.74 Å². The molecule has 4 heteroatoms. The zero-order valence-corrected chi connectivity index (χ0v) is 10.1. The number of carbonyl (C=O) groups excluding carboxylic acids is 1. The van der Waals surface area contributed by atoms with Crippen LogP contribution in [0.3, 0.4) is 0 Å². The minimum Gasteiger partial charge on any atom is -0.449 e. The number of alkyl halides is 2. The van der Waals surface area contributed by atoms with E-state index in [0.29, 0.717) is 6.42 Å². The number of hydrogen-bond acceptors (Lipinski definition) is 2. The van der Waals surface area contributed by atoms with Crippen LogP contribution >= 0.6 is 23.2 Å². The number of esters is 1. The van der Waals surface area contributed by atoms with Crippen LogP contribution in [0, 0.1) is 0 Å². The van der Waals surface area contributed by atoms with Gasteiger partial charge in [0.05, 0.1) is 0 Å². The molecule has 1 unspecified atom stereocenters. The Morgan fingerprint density at radius 2 is 2.07 bits per heavy atom. The van der Waals surface area contributed by atoms with Crippen LogP contribution in [0.2, 0.25) is 0 Å². The molecule has 0 aliphatic carbocycles. The molecule has 0 aromatic heterocycles. The Morgan fingerprint density at radius 3 is 2.64 bits per heavy atom. The second-order valence-corrected chi connectivity index (χ2v) is 4.07. The van der Waals surface area contributed by atoms with E-state index in [4.69, 9.17) is 23.2 Å². The average molecular weight is 241 g/mol. The van der Waals surface area contributed by atoms with Crippen molar-refractivity contribution >= 4 is 29.2 Å². The second-order valence-electron chi connectivity index (χ2n) is 3.23. The smallest absolute Gasteiger partial charge is 0.306 e. The molecule has 0 aliphatic rings. The first kappa shape index (κ1) is 14.1. The zero-order valence-electron chi connectivity index (χ0n) is 8.60. The van der Waals surface area contributed by atoms with Crippen molar-refractivity contribution in [2.24, 2.45) is 0 Å². The highest BCUT2D eigenvalue weighted by atomic mass is 35.5. The molecule has 0 radical (unpaired) electrons. The summed E-state index contributed by atoms with van der Waals surface area (Å²) in [5, 5.41) is 0.282. The van der Waals surface area contributed by atoms with Gasteiger partial charge in [-0.05, 0) is 19.3 Å². The SMILES string of the molecule is CCC(Cl)CCCCCC(=O)OCCl. The first-order chi connectivity index (χ1) is 6.70. The minimum atomic E-state index is -0.210. The Hall–Kier alpha value is 0.0500. The van der Waals surface area contributed by atoms with E-state index in [1.165, 1.54) is 0 Å². The van der Waals surface area contributed by atoms with Gasteiger partial charge in [0.15, 0.2) is 6.07 Å². The van der Waals surface area contributed by atoms with Gasteiger partial charge in [0.1, 0.15) is 0 Å². The fourth-order valence-corrected chi connectivity index (χ4v) is 1.43. The summed E-state index contributed by atoms with van der Waals surface area (Å²) in [4.78, 5) is 10.9. The highest BCUT2D eigenvalue weighted by molar-refractivity contribution is 6.20.